The largest absolute Gasteiger partial charge is 0.478 e. The molecule has 0 aliphatic heterocycles. The van der Waals surface area contributed by atoms with E-state index in [1.54, 1.807) is 27.1 Å². The van der Waals surface area contributed by atoms with Gasteiger partial charge in [-0.15, -0.1) is 0 Å². The number of carboxylic acids is 1. The number of likely N-dealkylation sites (N-methyl/N-ethyl adjacent to an activating group) is 2. The van der Waals surface area contributed by atoms with Crippen molar-refractivity contribution in [1.29, 1.82) is 0 Å². The number of benzene rings is 1. The number of amides is 2. The third-order valence-corrected chi connectivity index (χ3v) is 5.76. The number of aliphatic carboxylic acids is 1. The molecular weight excluding hydrogens is 394 g/mol. The lowest BCUT2D eigenvalue weighted by Crippen LogP contribution is -2.58. The third-order valence-electron chi connectivity index (χ3n) is 5.76. The number of hydrogen-bond donors (Lipinski definition) is 3. The van der Waals surface area contributed by atoms with E-state index < -0.39 is 29.5 Å². The number of hydrogen-bond acceptors (Lipinski definition) is 4. The SMILES string of the molecule is CNC(C(=O)NC(C)C(=O)N(C)C(C=C(C)C(=O)O)C(C)C)C(C)(C)c1ccccc1. The number of nitrogens with one attached hydrogen (secondary N) is 2. The molecule has 0 spiro atoms. The van der Waals surface area contributed by atoms with Crippen molar-refractivity contribution in [3.63, 3.8) is 0 Å². The van der Waals surface area contributed by atoms with E-state index >= 15 is 0 Å². The summed E-state index contributed by atoms with van der Waals surface area (Å²) in [6, 6.07) is 8.03. The Hall–Kier alpha value is -2.67. The van der Waals surface area contributed by atoms with E-state index in [0.29, 0.717) is 0 Å². The van der Waals surface area contributed by atoms with Crippen molar-refractivity contribution in [3.05, 3.63) is 47.5 Å². The molecule has 0 aliphatic rings. The van der Waals surface area contributed by atoms with Crippen LogP contribution in [-0.4, -0.2) is 60.0 Å². The van der Waals surface area contributed by atoms with Gasteiger partial charge >= 0.3 is 5.97 Å². The first-order valence-corrected chi connectivity index (χ1v) is 10.6. The lowest BCUT2D eigenvalue weighted by molar-refractivity contribution is -0.137. The second-order valence-electron chi connectivity index (χ2n) is 8.88. The van der Waals surface area contributed by atoms with Gasteiger partial charge in [-0.2, -0.15) is 0 Å². The molecule has 0 aliphatic carbocycles. The highest BCUT2D eigenvalue weighted by Crippen LogP contribution is 2.27. The van der Waals surface area contributed by atoms with Gasteiger partial charge in [0.05, 0.1) is 12.1 Å². The van der Waals surface area contributed by atoms with Crippen molar-refractivity contribution in [2.45, 2.75) is 65.1 Å². The lowest BCUT2D eigenvalue weighted by Gasteiger charge is -2.35. The second kappa shape index (κ2) is 11.1. The van der Waals surface area contributed by atoms with Crippen molar-refractivity contribution >= 4 is 17.8 Å². The molecule has 1 aromatic carbocycles. The van der Waals surface area contributed by atoms with E-state index in [2.05, 4.69) is 10.6 Å². The molecule has 1 aromatic rings. The van der Waals surface area contributed by atoms with Crippen LogP contribution in [0.2, 0.25) is 0 Å². The van der Waals surface area contributed by atoms with Crippen LogP contribution in [0, 0.1) is 5.92 Å². The normalized spacial score (nSPS) is 15.2. The summed E-state index contributed by atoms with van der Waals surface area (Å²) in [6.07, 6.45) is 1.58. The van der Waals surface area contributed by atoms with Crippen LogP contribution in [0.1, 0.15) is 47.1 Å². The van der Waals surface area contributed by atoms with E-state index in [1.165, 1.54) is 11.8 Å². The summed E-state index contributed by atoms with van der Waals surface area (Å²) >= 11 is 0. The van der Waals surface area contributed by atoms with E-state index in [9.17, 15) is 19.5 Å². The summed E-state index contributed by atoms with van der Waals surface area (Å²) in [5, 5.41) is 15.1. The Morgan fingerprint density at radius 1 is 1.10 bits per heavy atom. The van der Waals surface area contributed by atoms with Crippen LogP contribution >= 0.6 is 0 Å². The zero-order valence-electron chi connectivity index (χ0n) is 19.9. The summed E-state index contributed by atoms with van der Waals surface area (Å²) in [4.78, 5) is 38.8. The first-order valence-electron chi connectivity index (χ1n) is 10.6. The maximum atomic E-state index is 13.1. The van der Waals surface area contributed by atoms with Crippen molar-refractivity contribution in [1.82, 2.24) is 15.5 Å². The Labute approximate surface area is 185 Å². The maximum Gasteiger partial charge on any atom is 0.331 e. The number of carbonyl (C=O) groups is 3. The van der Waals surface area contributed by atoms with E-state index in [0.717, 1.165) is 5.56 Å². The molecular formula is C24H37N3O4. The van der Waals surface area contributed by atoms with E-state index in [-0.39, 0.29) is 23.3 Å². The summed E-state index contributed by atoms with van der Waals surface area (Å²) in [6.45, 7) is 11.0. The van der Waals surface area contributed by atoms with Crippen molar-refractivity contribution < 1.29 is 19.5 Å². The van der Waals surface area contributed by atoms with E-state index in [4.69, 9.17) is 0 Å². The van der Waals surface area contributed by atoms with E-state index in [1.807, 2.05) is 58.0 Å². The molecule has 3 unspecified atom stereocenters. The van der Waals surface area contributed by atoms with Gasteiger partial charge in [0.15, 0.2) is 0 Å². The predicted molar refractivity (Wildman–Crippen MR) is 123 cm³/mol. The first-order chi connectivity index (χ1) is 14.3. The number of carboxylic acid groups (broad SMARTS) is 1. The highest BCUT2D eigenvalue weighted by Gasteiger charge is 2.37. The second-order valence-corrected chi connectivity index (χ2v) is 8.88. The number of nitrogens with zero attached hydrogens (tertiary/aromatic N) is 1. The number of rotatable bonds is 10. The van der Waals surface area contributed by atoms with Crippen molar-refractivity contribution in [2.24, 2.45) is 5.92 Å². The Bertz CT molecular complexity index is 802. The maximum absolute atomic E-state index is 13.1. The van der Waals surface area contributed by atoms with Crippen LogP contribution in [0.15, 0.2) is 42.0 Å². The van der Waals surface area contributed by atoms with Crippen LogP contribution in [0.3, 0.4) is 0 Å². The molecule has 7 nitrogen and oxygen atoms in total. The summed E-state index contributed by atoms with van der Waals surface area (Å²) < 4.78 is 0. The fourth-order valence-corrected chi connectivity index (χ4v) is 3.74. The Morgan fingerprint density at radius 2 is 1.65 bits per heavy atom. The molecule has 3 N–H and O–H groups in total. The van der Waals surface area contributed by atoms with Gasteiger partial charge in [0.25, 0.3) is 0 Å². The molecule has 0 radical (unpaired) electrons. The molecule has 0 bridgehead atoms. The minimum absolute atomic E-state index is 0.00761. The standard InChI is InChI=1S/C24H37N3O4/c1-15(2)19(14-16(3)23(30)31)27(8)22(29)17(4)26-21(28)20(25-7)24(5,6)18-12-10-9-11-13-18/h9-15,17,19-20,25H,1-8H3,(H,26,28)(H,30,31). The Kier molecular flexibility index (Phi) is 9.43. The van der Waals surface area contributed by atoms with Gasteiger partial charge in [-0.25, -0.2) is 4.79 Å². The van der Waals surface area contributed by atoms with Gasteiger partial charge in [-0.1, -0.05) is 64.1 Å². The molecule has 172 valence electrons. The Morgan fingerprint density at radius 3 is 2.10 bits per heavy atom. The van der Waals surface area contributed by atoms with Gasteiger partial charge < -0.3 is 20.6 Å². The fraction of sp³-hybridized carbons (Fsp3) is 0.542. The van der Waals surface area contributed by atoms with Crippen LogP contribution in [-0.2, 0) is 19.8 Å². The molecule has 0 saturated heterocycles. The summed E-state index contributed by atoms with van der Waals surface area (Å²) in [5.74, 6) is -1.57. The smallest absolute Gasteiger partial charge is 0.331 e. The summed E-state index contributed by atoms with van der Waals surface area (Å²) in [5.41, 5.74) is 0.681. The topological polar surface area (TPSA) is 98.7 Å². The minimum Gasteiger partial charge on any atom is -0.478 e. The van der Waals surface area contributed by atoms with Crippen LogP contribution in [0.4, 0.5) is 0 Å². The fourth-order valence-electron chi connectivity index (χ4n) is 3.74. The molecule has 2 amide bonds. The van der Waals surface area contributed by atoms with Crippen LogP contribution in [0.5, 0.6) is 0 Å². The average molecular weight is 432 g/mol. The van der Waals surface area contributed by atoms with Crippen LogP contribution in [0.25, 0.3) is 0 Å². The first kappa shape index (κ1) is 26.4. The third kappa shape index (κ3) is 6.66. The highest BCUT2D eigenvalue weighted by atomic mass is 16.4. The molecule has 31 heavy (non-hydrogen) atoms. The molecule has 3 atom stereocenters. The molecule has 0 aromatic heterocycles. The zero-order valence-corrected chi connectivity index (χ0v) is 19.9. The minimum atomic E-state index is -1.02. The highest BCUT2D eigenvalue weighted by molar-refractivity contribution is 5.91. The van der Waals surface area contributed by atoms with Gasteiger partial charge in [0.2, 0.25) is 11.8 Å². The summed E-state index contributed by atoms with van der Waals surface area (Å²) in [7, 11) is 3.35. The molecule has 1 rings (SSSR count). The predicted octanol–water partition coefficient (Wildman–Crippen LogP) is 2.57. The van der Waals surface area contributed by atoms with Gasteiger partial charge in [0, 0.05) is 18.0 Å². The molecule has 0 heterocycles. The Balaban J connectivity index is 3.00. The van der Waals surface area contributed by atoms with Crippen molar-refractivity contribution in [2.75, 3.05) is 14.1 Å². The van der Waals surface area contributed by atoms with Gasteiger partial charge in [0.1, 0.15) is 6.04 Å². The van der Waals surface area contributed by atoms with Crippen LogP contribution < -0.4 is 10.6 Å². The quantitative estimate of drug-likeness (QED) is 0.495. The van der Waals surface area contributed by atoms with Crippen molar-refractivity contribution in [3.8, 4) is 0 Å². The molecule has 7 heteroatoms. The average Bonchev–Trinajstić information content (AvgIpc) is 2.71. The lowest BCUT2D eigenvalue weighted by atomic mass is 9.77. The van der Waals surface area contributed by atoms with Gasteiger partial charge in [-0.05, 0) is 32.4 Å². The van der Waals surface area contributed by atoms with Gasteiger partial charge in [-0.3, -0.25) is 9.59 Å². The number of carbonyl (C=O) groups excluding carboxylic acids is 2. The zero-order chi connectivity index (χ0) is 23.9. The molecule has 0 saturated carbocycles. The monoisotopic (exact) mass is 431 g/mol. The molecule has 0 fully saturated rings.